The fraction of sp³-hybridized carbons (Fsp3) is 0.158. The smallest absolute Gasteiger partial charge is 0.343 e. The van der Waals surface area contributed by atoms with Crippen molar-refractivity contribution in [1.82, 2.24) is 9.97 Å². The van der Waals surface area contributed by atoms with Crippen LogP contribution in [0, 0.1) is 0 Å². The number of hydrogen-bond donors (Lipinski definition) is 2. The largest absolute Gasteiger partial charge is 0.497 e. The fourth-order valence-electron chi connectivity index (χ4n) is 2.36. The number of carbonyl (C=O) groups is 1. The first-order valence-corrected chi connectivity index (χ1v) is 7.94. The number of imidazole rings is 1. The maximum absolute atomic E-state index is 12.3. The molecule has 2 aromatic carbocycles. The van der Waals surface area contributed by atoms with Crippen LogP contribution >= 0.6 is 0 Å². The van der Waals surface area contributed by atoms with Gasteiger partial charge >= 0.3 is 5.97 Å². The number of nitrogens with zero attached hydrogens (tertiary/aromatic N) is 1. The van der Waals surface area contributed by atoms with Gasteiger partial charge in [0.15, 0.2) is 0 Å². The number of ether oxygens (including phenoxy) is 2. The normalized spacial score (nSPS) is 11.4. The van der Waals surface area contributed by atoms with Crippen molar-refractivity contribution in [3.8, 4) is 5.75 Å². The monoisotopic (exact) mass is 337 g/mol. The molecule has 1 heterocycles. The SMILES string of the molecule is CCOC(=O)/C(=C\Nc1ccc(OC)cc1)c1nc2ccccc2[nH]1. The number of aromatic amines is 1. The van der Waals surface area contributed by atoms with Gasteiger partial charge in [-0.2, -0.15) is 0 Å². The Morgan fingerprint density at radius 2 is 1.96 bits per heavy atom. The second-order valence-corrected chi connectivity index (χ2v) is 5.25. The predicted octanol–water partition coefficient (Wildman–Crippen LogP) is 3.59. The molecule has 0 saturated heterocycles. The summed E-state index contributed by atoms with van der Waals surface area (Å²) in [6, 6.07) is 15.0. The molecule has 128 valence electrons. The number of methoxy groups -OCH3 is 1. The van der Waals surface area contributed by atoms with Crippen LogP contribution in [0.15, 0.2) is 54.7 Å². The summed E-state index contributed by atoms with van der Waals surface area (Å²) < 4.78 is 10.3. The van der Waals surface area contributed by atoms with E-state index in [1.54, 1.807) is 20.2 Å². The topological polar surface area (TPSA) is 76.2 Å². The molecule has 0 aliphatic heterocycles. The number of aromatic nitrogens is 2. The number of esters is 1. The average molecular weight is 337 g/mol. The van der Waals surface area contributed by atoms with Gasteiger partial charge in [-0.1, -0.05) is 12.1 Å². The van der Waals surface area contributed by atoms with Gasteiger partial charge in [0.05, 0.1) is 24.8 Å². The Morgan fingerprint density at radius 1 is 1.20 bits per heavy atom. The van der Waals surface area contributed by atoms with Crippen LogP contribution < -0.4 is 10.1 Å². The molecule has 0 radical (unpaired) electrons. The lowest BCUT2D eigenvalue weighted by atomic mass is 10.2. The third kappa shape index (κ3) is 3.80. The van der Waals surface area contributed by atoms with Crippen LogP contribution in [0.25, 0.3) is 16.6 Å². The highest BCUT2D eigenvalue weighted by molar-refractivity contribution is 6.16. The van der Waals surface area contributed by atoms with Crippen molar-refractivity contribution in [3.05, 3.63) is 60.6 Å². The molecule has 0 bridgehead atoms. The van der Waals surface area contributed by atoms with E-state index in [4.69, 9.17) is 9.47 Å². The third-order valence-corrected chi connectivity index (χ3v) is 3.61. The Kier molecular flexibility index (Phi) is 4.99. The maximum Gasteiger partial charge on any atom is 0.343 e. The van der Waals surface area contributed by atoms with Gasteiger partial charge in [0.2, 0.25) is 0 Å². The molecular weight excluding hydrogens is 318 g/mol. The van der Waals surface area contributed by atoms with Gasteiger partial charge in [0, 0.05) is 11.9 Å². The molecule has 3 rings (SSSR count). The van der Waals surface area contributed by atoms with Gasteiger partial charge in [-0.25, -0.2) is 9.78 Å². The summed E-state index contributed by atoms with van der Waals surface area (Å²) in [5.74, 6) is 0.778. The zero-order valence-electron chi connectivity index (χ0n) is 14.1. The molecule has 1 aromatic heterocycles. The molecule has 0 amide bonds. The molecule has 0 unspecified atom stereocenters. The predicted molar refractivity (Wildman–Crippen MR) is 97.3 cm³/mol. The van der Waals surface area contributed by atoms with Gasteiger partial charge in [-0.3, -0.25) is 0 Å². The number of fused-ring (bicyclic) bond motifs is 1. The van der Waals surface area contributed by atoms with E-state index in [0.29, 0.717) is 18.0 Å². The molecule has 6 heteroatoms. The first kappa shape index (κ1) is 16.6. The third-order valence-electron chi connectivity index (χ3n) is 3.61. The van der Waals surface area contributed by atoms with E-state index < -0.39 is 5.97 Å². The fourth-order valence-corrected chi connectivity index (χ4v) is 2.36. The first-order valence-electron chi connectivity index (χ1n) is 7.94. The van der Waals surface area contributed by atoms with Crippen LogP contribution in [0.5, 0.6) is 5.75 Å². The van der Waals surface area contributed by atoms with E-state index in [2.05, 4.69) is 15.3 Å². The van der Waals surface area contributed by atoms with E-state index in [-0.39, 0.29) is 0 Å². The van der Waals surface area contributed by atoms with Crippen LogP contribution in [0.1, 0.15) is 12.7 Å². The Labute approximate surface area is 145 Å². The summed E-state index contributed by atoms with van der Waals surface area (Å²) in [6.45, 7) is 2.06. The Morgan fingerprint density at radius 3 is 2.64 bits per heavy atom. The minimum Gasteiger partial charge on any atom is -0.497 e. The molecule has 0 aliphatic rings. The number of nitrogens with one attached hydrogen (secondary N) is 2. The highest BCUT2D eigenvalue weighted by Gasteiger charge is 2.17. The Balaban J connectivity index is 1.91. The van der Waals surface area contributed by atoms with Crippen molar-refractivity contribution in [3.63, 3.8) is 0 Å². The number of carbonyl (C=O) groups excluding carboxylic acids is 1. The van der Waals surface area contributed by atoms with Crippen LogP contribution in [-0.4, -0.2) is 29.7 Å². The van der Waals surface area contributed by atoms with Crippen molar-refractivity contribution in [1.29, 1.82) is 0 Å². The number of benzene rings is 2. The van der Waals surface area contributed by atoms with Crippen molar-refractivity contribution >= 4 is 28.3 Å². The number of anilines is 1. The second-order valence-electron chi connectivity index (χ2n) is 5.25. The average Bonchev–Trinajstić information content (AvgIpc) is 3.06. The van der Waals surface area contributed by atoms with Gasteiger partial charge in [0.1, 0.15) is 17.1 Å². The van der Waals surface area contributed by atoms with Gasteiger partial charge < -0.3 is 19.8 Å². The summed E-state index contributed by atoms with van der Waals surface area (Å²) in [7, 11) is 1.61. The zero-order chi connectivity index (χ0) is 17.6. The maximum atomic E-state index is 12.3. The van der Waals surface area contributed by atoms with Crippen molar-refractivity contribution in [2.75, 3.05) is 19.0 Å². The highest BCUT2D eigenvalue weighted by Crippen LogP contribution is 2.20. The molecule has 25 heavy (non-hydrogen) atoms. The van der Waals surface area contributed by atoms with Gasteiger partial charge in [-0.15, -0.1) is 0 Å². The molecule has 6 nitrogen and oxygen atoms in total. The minimum absolute atomic E-state index is 0.291. The first-order chi connectivity index (χ1) is 12.2. The summed E-state index contributed by atoms with van der Waals surface area (Å²) in [5, 5.41) is 3.10. The molecule has 2 N–H and O–H groups in total. The lowest BCUT2D eigenvalue weighted by Crippen LogP contribution is -2.09. The molecule has 0 fully saturated rings. The van der Waals surface area contributed by atoms with Gasteiger partial charge in [0.25, 0.3) is 0 Å². The van der Waals surface area contributed by atoms with Crippen LogP contribution in [-0.2, 0) is 9.53 Å². The molecule has 0 spiro atoms. The highest BCUT2D eigenvalue weighted by atomic mass is 16.5. The number of H-pyrrole nitrogens is 1. The van der Waals surface area contributed by atoms with E-state index in [0.717, 1.165) is 22.5 Å². The Bertz CT molecular complexity index is 865. The second kappa shape index (κ2) is 7.53. The molecule has 3 aromatic rings. The summed E-state index contributed by atoms with van der Waals surface area (Å²) in [6.07, 6.45) is 1.59. The van der Waals surface area contributed by atoms with E-state index in [1.165, 1.54) is 0 Å². The van der Waals surface area contributed by atoms with E-state index >= 15 is 0 Å². The quantitative estimate of drug-likeness (QED) is 0.531. The lowest BCUT2D eigenvalue weighted by molar-refractivity contribution is -0.136. The summed E-state index contributed by atoms with van der Waals surface area (Å²) >= 11 is 0. The minimum atomic E-state index is -0.442. The summed E-state index contributed by atoms with van der Waals surface area (Å²) in [4.78, 5) is 20.0. The van der Waals surface area contributed by atoms with Crippen molar-refractivity contribution in [2.45, 2.75) is 6.92 Å². The van der Waals surface area contributed by atoms with Crippen molar-refractivity contribution in [2.24, 2.45) is 0 Å². The molecular formula is C19H19N3O3. The number of rotatable bonds is 6. The standard InChI is InChI=1S/C19H19N3O3/c1-3-25-19(23)15(12-20-13-8-10-14(24-2)11-9-13)18-21-16-6-4-5-7-17(16)22-18/h4-12,20H,3H2,1-2H3,(H,21,22)/b15-12-. The molecule has 0 saturated carbocycles. The van der Waals surface area contributed by atoms with Crippen molar-refractivity contribution < 1.29 is 14.3 Å². The summed E-state index contributed by atoms with van der Waals surface area (Å²) in [5.41, 5.74) is 2.79. The number of para-hydroxylation sites is 2. The Hall–Kier alpha value is -3.28. The molecule has 0 atom stereocenters. The molecule has 0 aliphatic carbocycles. The van der Waals surface area contributed by atoms with E-state index in [9.17, 15) is 4.79 Å². The van der Waals surface area contributed by atoms with E-state index in [1.807, 2.05) is 48.5 Å². The van der Waals surface area contributed by atoms with Crippen LogP contribution in [0.4, 0.5) is 5.69 Å². The number of hydrogen-bond acceptors (Lipinski definition) is 5. The van der Waals surface area contributed by atoms with Gasteiger partial charge in [-0.05, 0) is 43.3 Å². The zero-order valence-corrected chi connectivity index (χ0v) is 14.1. The van der Waals surface area contributed by atoms with Crippen LogP contribution in [0.3, 0.4) is 0 Å². The van der Waals surface area contributed by atoms with Crippen LogP contribution in [0.2, 0.25) is 0 Å². The lowest BCUT2D eigenvalue weighted by Gasteiger charge is -2.07.